The van der Waals surface area contributed by atoms with Crippen molar-refractivity contribution in [2.75, 3.05) is 12.8 Å². The summed E-state index contributed by atoms with van der Waals surface area (Å²) in [7, 11) is -3.24. The number of benzene rings is 2. The Morgan fingerprint density at radius 3 is 2.20 bits per heavy atom. The number of amides is 1. The molecule has 0 bridgehead atoms. The molecule has 2 unspecified atom stereocenters. The number of nitrogens with one attached hydrogen (secondary N) is 1. The lowest BCUT2D eigenvalue weighted by Gasteiger charge is -2.17. The van der Waals surface area contributed by atoms with E-state index < -0.39 is 15.9 Å². The molecule has 6 heteroatoms. The van der Waals surface area contributed by atoms with E-state index in [1.807, 2.05) is 37.3 Å². The SMILES string of the molecule is CC(Oc1ccc(S(C)(=O)=O)cc1)C(=O)NCC(C)c1ccccc1. The highest BCUT2D eigenvalue weighted by Gasteiger charge is 2.16. The van der Waals surface area contributed by atoms with Crippen LogP contribution in [-0.4, -0.2) is 33.2 Å². The van der Waals surface area contributed by atoms with Gasteiger partial charge in [-0.2, -0.15) is 0 Å². The van der Waals surface area contributed by atoms with Crippen LogP contribution in [0.15, 0.2) is 59.5 Å². The summed E-state index contributed by atoms with van der Waals surface area (Å²) >= 11 is 0. The van der Waals surface area contributed by atoms with E-state index in [0.29, 0.717) is 12.3 Å². The fourth-order valence-corrected chi connectivity index (χ4v) is 2.95. The minimum atomic E-state index is -3.24. The Morgan fingerprint density at radius 2 is 1.64 bits per heavy atom. The number of hydrogen-bond acceptors (Lipinski definition) is 4. The van der Waals surface area contributed by atoms with E-state index in [1.165, 1.54) is 12.1 Å². The molecule has 0 aliphatic rings. The van der Waals surface area contributed by atoms with Crippen molar-refractivity contribution in [3.8, 4) is 5.75 Å². The first-order valence-corrected chi connectivity index (χ1v) is 9.96. The highest BCUT2D eigenvalue weighted by molar-refractivity contribution is 7.90. The van der Waals surface area contributed by atoms with Gasteiger partial charge in [0.25, 0.3) is 5.91 Å². The normalized spacial score (nSPS) is 13.7. The third-order valence-electron chi connectivity index (χ3n) is 3.89. The van der Waals surface area contributed by atoms with Gasteiger partial charge in [0.1, 0.15) is 5.75 Å². The molecular formula is C19H23NO4S. The number of carbonyl (C=O) groups is 1. The Bertz CT molecular complexity index is 801. The van der Waals surface area contributed by atoms with E-state index in [-0.39, 0.29) is 16.7 Å². The summed E-state index contributed by atoms with van der Waals surface area (Å²) in [4.78, 5) is 12.4. The third kappa shape index (κ3) is 5.60. The van der Waals surface area contributed by atoms with Gasteiger partial charge in [-0.15, -0.1) is 0 Å². The largest absolute Gasteiger partial charge is 0.481 e. The highest BCUT2D eigenvalue weighted by atomic mass is 32.2. The summed E-state index contributed by atoms with van der Waals surface area (Å²) in [5.74, 6) is 0.438. The minimum absolute atomic E-state index is 0.200. The molecular weight excluding hydrogens is 338 g/mol. The van der Waals surface area contributed by atoms with Gasteiger partial charge in [-0.05, 0) is 42.7 Å². The fourth-order valence-electron chi connectivity index (χ4n) is 2.32. The monoisotopic (exact) mass is 361 g/mol. The van der Waals surface area contributed by atoms with E-state index in [9.17, 15) is 13.2 Å². The van der Waals surface area contributed by atoms with Gasteiger partial charge in [0.2, 0.25) is 0 Å². The molecule has 25 heavy (non-hydrogen) atoms. The Morgan fingerprint density at radius 1 is 1.04 bits per heavy atom. The molecule has 2 atom stereocenters. The smallest absolute Gasteiger partial charge is 0.260 e. The predicted octanol–water partition coefficient (Wildman–Crippen LogP) is 2.78. The zero-order valence-electron chi connectivity index (χ0n) is 14.6. The molecule has 0 aliphatic heterocycles. The van der Waals surface area contributed by atoms with Crippen molar-refractivity contribution in [1.82, 2.24) is 5.32 Å². The van der Waals surface area contributed by atoms with Crippen LogP contribution in [0, 0.1) is 0 Å². The molecule has 2 aromatic rings. The number of hydrogen-bond donors (Lipinski definition) is 1. The lowest BCUT2D eigenvalue weighted by molar-refractivity contribution is -0.127. The van der Waals surface area contributed by atoms with Crippen molar-refractivity contribution in [2.45, 2.75) is 30.8 Å². The molecule has 0 heterocycles. The third-order valence-corrected chi connectivity index (χ3v) is 5.01. The van der Waals surface area contributed by atoms with Crippen molar-refractivity contribution in [3.05, 3.63) is 60.2 Å². The maximum absolute atomic E-state index is 12.2. The molecule has 0 spiro atoms. The second-order valence-corrected chi connectivity index (χ2v) is 8.08. The standard InChI is InChI=1S/C19H23NO4S/c1-14(16-7-5-4-6-8-16)13-20-19(21)15(2)24-17-9-11-18(12-10-17)25(3,22)23/h4-12,14-15H,13H2,1-3H3,(H,20,21). The zero-order chi connectivity index (χ0) is 18.4. The van der Waals surface area contributed by atoms with Gasteiger partial charge in [-0.1, -0.05) is 37.3 Å². The van der Waals surface area contributed by atoms with E-state index in [0.717, 1.165) is 11.8 Å². The van der Waals surface area contributed by atoms with Gasteiger partial charge < -0.3 is 10.1 Å². The van der Waals surface area contributed by atoms with E-state index in [2.05, 4.69) is 5.32 Å². The minimum Gasteiger partial charge on any atom is -0.481 e. The molecule has 2 rings (SSSR count). The molecule has 5 nitrogen and oxygen atoms in total. The van der Waals surface area contributed by atoms with Crippen molar-refractivity contribution in [3.63, 3.8) is 0 Å². The van der Waals surface area contributed by atoms with Gasteiger partial charge >= 0.3 is 0 Å². The zero-order valence-corrected chi connectivity index (χ0v) is 15.4. The Labute approximate surface area is 148 Å². The van der Waals surface area contributed by atoms with Crippen molar-refractivity contribution in [2.24, 2.45) is 0 Å². The van der Waals surface area contributed by atoms with Crippen LogP contribution in [0.4, 0.5) is 0 Å². The van der Waals surface area contributed by atoms with Crippen LogP contribution in [-0.2, 0) is 14.6 Å². The van der Waals surface area contributed by atoms with Crippen LogP contribution < -0.4 is 10.1 Å². The number of rotatable bonds is 7. The van der Waals surface area contributed by atoms with Crippen LogP contribution in [0.25, 0.3) is 0 Å². The van der Waals surface area contributed by atoms with Crippen LogP contribution in [0.5, 0.6) is 5.75 Å². The molecule has 0 aromatic heterocycles. The summed E-state index contributed by atoms with van der Waals surface area (Å²) in [5.41, 5.74) is 1.16. The maximum atomic E-state index is 12.2. The first kappa shape index (κ1) is 19.0. The average molecular weight is 361 g/mol. The summed E-state index contributed by atoms with van der Waals surface area (Å²) in [5, 5.41) is 2.88. The molecule has 1 N–H and O–H groups in total. The van der Waals surface area contributed by atoms with Crippen LogP contribution >= 0.6 is 0 Å². The van der Waals surface area contributed by atoms with Crippen molar-refractivity contribution >= 4 is 15.7 Å². The predicted molar refractivity (Wildman–Crippen MR) is 97.5 cm³/mol. The number of sulfone groups is 1. The van der Waals surface area contributed by atoms with Crippen LogP contribution in [0.1, 0.15) is 25.3 Å². The first-order chi connectivity index (χ1) is 11.8. The Kier molecular flexibility index (Phi) is 6.20. The van der Waals surface area contributed by atoms with Gasteiger partial charge in [0.15, 0.2) is 15.9 Å². The molecule has 0 radical (unpaired) electrons. The van der Waals surface area contributed by atoms with E-state index >= 15 is 0 Å². The van der Waals surface area contributed by atoms with Gasteiger partial charge in [-0.25, -0.2) is 8.42 Å². The Hall–Kier alpha value is -2.34. The second kappa shape index (κ2) is 8.16. The summed E-state index contributed by atoms with van der Waals surface area (Å²) in [6.45, 7) is 4.22. The highest BCUT2D eigenvalue weighted by Crippen LogP contribution is 2.17. The van der Waals surface area contributed by atoms with Gasteiger partial charge in [-0.3, -0.25) is 4.79 Å². The maximum Gasteiger partial charge on any atom is 0.260 e. The molecule has 0 fully saturated rings. The van der Waals surface area contributed by atoms with Crippen molar-refractivity contribution < 1.29 is 17.9 Å². The molecule has 0 saturated carbocycles. The molecule has 2 aromatic carbocycles. The molecule has 0 saturated heterocycles. The first-order valence-electron chi connectivity index (χ1n) is 8.07. The average Bonchev–Trinajstić information content (AvgIpc) is 2.59. The van der Waals surface area contributed by atoms with Crippen molar-refractivity contribution in [1.29, 1.82) is 0 Å². The van der Waals surface area contributed by atoms with Gasteiger partial charge in [0.05, 0.1) is 4.90 Å². The lowest BCUT2D eigenvalue weighted by Crippen LogP contribution is -2.38. The number of ether oxygens (including phenoxy) is 1. The molecule has 1 amide bonds. The van der Waals surface area contributed by atoms with Gasteiger partial charge in [0, 0.05) is 12.8 Å². The second-order valence-electron chi connectivity index (χ2n) is 6.06. The quantitative estimate of drug-likeness (QED) is 0.823. The van der Waals surface area contributed by atoms with E-state index in [1.54, 1.807) is 19.1 Å². The topological polar surface area (TPSA) is 72.5 Å². The Balaban J connectivity index is 1.88. The molecule has 134 valence electrons. The lowest BCUT2D eigenvalue weighted by atomic mass is 10.0. The number of carbonyl (C=O) groups excluding carboxylic acids is 1. The van der Waals surface area contributed by atoms with E-state index in [4.69, 9.17) is 4.74 Å². The fraction of sp³-hybridized carbons (Fsp3) is 0.316. The summed E-state index contributed by atoms with van der Waals surface area (Å²) in [6.07, 6.45) is 0.472. The summed E-state index contributed by atoms with van der Waals surface area (Å²) in [6, 6.07) is 16.0. The molecule has 0 aliphatic carbocycles. The van der Waals surface area contributed by atoms with Crippen LogP contribution in [0.3, 0.4) is 0 Å². The van der Waals surface area contributed by atoms with Crippen LogP contribution in [0.2, 0.25) is 0 Å². The summed E-state index contributed by atoms with van der Waals surface area (Å²) < 4.78 is 28.4.